The van der Waals surface area contributed by atoms with Crippen molar-refractivity contribution in [3.8, 4) is 28.6 Å². The molecule has 37 heavy (non-hydrogen) atoms. The van der Waals surface area contributed by atoms with Gasteiger partial charge in [0.05, 0.1) is 16.3 Å². The Kier molecular flexibility index (Phi) is 5.77. The number of nitrogens with zero attached hydrogens (tertiary/aromatic N) is 2. The highest BCUT2D eigenvalue weighted by Gasteiger charge is 2.34. The number of carbonyl (C=O) groups excluding carboxylic acids is 1. The van der Waals surface area contributed by atoms with E-state index in [0.29, 0.717) is 33.9 Å². The molecule has 0 bridgehead atoms. The van der Waals surface area contributed by atoms with Crippen molar-refractivity contribution >= 4 is 27.7 Å². The van der Waals surface area contributed by atoms with E-state index in [1.807, 2.05) is 19.1 Å². The largest absolute Gasteiger partial charge is 0.473 e. The number of hydrogen-bond donors (Lipinski definition) is 0. The van der Waals surface area contributed by atoms with Gasteiger partial charge >= 0.3 is 0 Å². The molecule has 2 aliphatic rings. The second-order valence-electron chi connectivity index (χ2n) is 9.17. The minimum Gasteiger partial charge on any atom is -0.473 e. The van der Waals surface area contributed by atoms with Gasteiger partial charge in [0.25, 0.3) is 0 Å². The first-order valence-electron chi connectivity index (χ1n) is 11.7. The number of aryl methyl sites for hydroxylation is 1. The van der Waals surface area contributed by atoms with Crippen molar-refractivity contribution in [2.75, 3.05) is 0 Å². The number of rotatable bonds is 6. The number of pyridine rings is 1. The molecule has 0 spiro atoms. The lowest BCUT2D eigenvalue weighted by Gasteiger charge is -2.11. The van der Waals surface area contributed by atoms with Crippen LogP contribution < -0.4 is 9.47 Å². The number of aldehydes is 1. The van der Waals surface area contributed by atoms with Gasteiger partial charge in [0, 0.05) is 28.7 Å². The zero-order chi connectivity index (χ0) is 25.7. The molecule has 3 heterocycles. The summed E-state index contributed by atoms with van der Waals surface area (Å²) in [6.07, 6.45) is 2.68. The minimum absolute atomic E-state index is 0.0742. The molecule has 0 amide bonds. The highest BCUT2D eigenvalue weighted by molar-refractivity contribution is 7.90. The van der Waals surface area contributed by atoms with Gasteiger partial charge in [-0.05, 0) is 43.5 Å². The highest BCUT2D eigenvalue weighted by Crippen LogP contribution is 2.45. The predicted octanol–water partition coefficient (Wildman–Crippen LogP) is 6.05. The number of halogens is 1. The Bertz CT molecular complexity index is 1640. The Labute approximate surface area is 218 Å². The molecule has 8 nitrogen and oxygen atoms in total. The van der Waals surface area contributed by atoms with E-state index in [-0.39, 0.29) is 34.9 Å². The van der Waals surface area contributed by atoms with E-state index in [2.05, 4.69) is 10.1 Å². The van der Waals surface area contributed by atoms with E-state index in [9.17, 15) is 13.2 Å². The summed E-state index contributed by atoms with van der Waals surface area (Å²) < 4.78 is 43.9. The van der Waals surface area contributed by atoms with Crippen molar-refractivity contribution in [3.63, 3.8) is 0 Å². The van der Waals surface area contributed by atoms with Crippen molar-refractivity contribution < 1.29 is 27.2 Å². The molecule has 1 aliphatic heterocycles. The van der Waals surface area contributed by atoms with Gasteiger partial charge in [0.15, 0.2) is 5.75 Å². The van der Waals surface area contributed by atoms with Crippen molar-refractivity contribution in [3.05, 3.63) is 81.6 Å². The lowest BCUT2D eigenvalue weighted by Crippen LogP contribution is -2.08. The van der Waals surface area contributed by atoms with Crippen LogP contribution in [-0.2, 0) is 22.2 Å². The number of hydrogen-bond acceptors (Lipinski definition) is 8. The molecule has 188 valence electrons. The van der Waals surface area contributed by atoms with Crippen LogP contribution in [0.1, 0.15) is 51.6 Å². The van der Waals surface area contributed by atoms with Crippen LogP contribution in [0.2, 0.25) is 5.02 Å². The number of carbonyl (C=O) groups is 1. The fraction of sp³-hybridized carbons (Fsp3) is 0.222. The maximum Gasteiger partial charge on any atom is 0.215 e. The Morgan fingerprint density at radius 1 is 1.14 bits per heavy atom. The van der Waals surface area contributed by atoms with Crippen molar-refractivity contribution in [1.82, 2.24) is 10.1 Å². The van der Waals surface area contributed by atoms with Crippen LogP contribution in [0.25, 0.3) is 11.3 Å². The minimum atomic E-state index is -3.83. The third kappa shape index (κ3) is 4.38. The lowest BCUT2D eigenvalue weighted by atomic mass is 10.0. The third-order valence-electron chi connectivity index (χ3n) is 6.48. The molecule has 0 radical (unpaired) electrons. The molecule has 0 unspecified atom stereocenters. The fourth-order valence-electron chi connectivity index (χ4n) is 4.44. The molecule has 6 rings (SSSR count). The smallest absolute Gasteiger partial charge is 0.215 e. The Morgan fingerprint density at radius 2 is 1.97 bits per heavy atom. The van der Waals surface area contributed by atoms with Crippen LogP contribution >= 0.6 is 11.6 Å². The molecule has 0 saturated heterocycles. The molecule has 0 atom stereocenters. The van der Waals surface area contributed by atoms with E-state index in [4.69, 9.17) is 25.6 Å². The van der Waals surface area contributed by atoms with Crippen molar-refractivity contribution in [2.24, 2.45) is 0 Å². The number of fused-ring (bicyclic) bond motifs is 2. The summed E-state index contributed by atoms with van der Waals surface area (Å²) in [7, 11) is -3.83. The van der Waals surface area contributed by atoms with Crippen LogP contribution in [0, 0.1) is 6.92 Å². The van der Waals surface area contributed by atoms with Crippen LogP contribution in [0.5, 0.6) is 17.4 Å². The molecule has 1 fully saturated rings. The number of aromatic nitrogens is 2. The van der Waals surface area contributed by atoms with Gasteiger partial charge in [-0.15, -0.1) is 0 Å². The molecule has 2 aromatic carbocycles. The summed E-state index contributed by atoms with van der Waals surface area (Å²) >= 11 is 6.51. The van der Waals surface area contributed by atoms with E-state index in [0.717, 1.165) is 35.3 Å². The number of ether oxygens (including phenoxy) is 2. The van der Waals surface area contributed by atoms with Crippen LogP contribution in [-0.4, -0.2) is 24.8 Å². The molecule has 2 aromatic heterocycles. The number of sulfone groups is 1. The average Bonchev–Trinajstić information content (AvgIpc) is 3.65. The normalized spacial score (nSPS) is 15.7. The van der Waals surface area contributed by atoms with Crippen molar-refractivity contribution in [1.29, 1.82) is 0 Å². The van der Waals surface area contributed by atoms with Gasteiger partial charge < -0.3 is 14.0 Å². The molecular formula is C27H21ClN2O6S. The summed E-state index contributed by atoms with van der Waals surface area (Å²) in [5.41, 5.74) is 3.94. The zero-order valence-corrected chi connectivity index (χ0v) is 21.3. The van der Waals surface area contributed by atoms with E-state index in [1.54, 1.807) is 24.3 Å². The van der Waals surface area contributed by atoms with Gasteiger partial charge in [-0.1, -0.05) is 41.0 Å². The second-order valence-corrected chi connectivity index (χ2v) is 11.5. The van der Waals surface area contributed by atoms with Gasteiger partial charge in [0.1, 0.15) is 30.1 Å². The summed E-state index contributed by atoms with van der Waals surface area (Å²) in [4.78, 5) is 15.5. The maximum absolute atomic E-state index is 13.2. The standard InChI is InChI=1S/C27H21ClN2O6S/c1-15-3-2-4-20(28)24(15)25-19(26(36-30-25)17-7-8-17)13-34-23-10-9-21-27(29-23)37(32,33)14-18-6-5-16(12-31)11-22(18)35-21/h2-6,9-12,17H,7-8,13-14H2,1H3. The second kappa shape index (κ2) is 9.00. The van der Waals surface area contributed by atoms with E-state index in [1.165, 1.54) is 12.1 Å². The summed E-state index contributed by atoms with van der Waals surface area (Å²) in [6, 6.07) is 13.3. The van der Waals surface area contributed by atoms with Gasteiger partial charge in [-0.25, -0.2) is 8.42 Å². The Morgan fingerprint density at radius 3 is 2.73 bits per heavy atom. The van der Waals surface area contributed by atoms with Gasteiger partial charge in [-0.2, -0.15) is 4.98 Å². The lowest BCUT2D eigenvalue weighted by molar-refractivity contribution is 0.112. The molecular weight excluding hydrogens is 516 g/mol. The van der Waals surface area contributed by atoms with Crippen LogP contribution in [0.15, 0.2) is 58.1 Å². The first-order chi connectivity index (χ1) is 17.8. The zero-order valence-electron chi connectivity index (χ0n) is 19.7. The molecule has 10 heteroatoms. The highest BCUT2D eigenvalue weighted by atomic mass is 35.5. The quantitative estimate of drug-likeness (QED) is 0.274. The van der Waals surface area contributed by atoms with Crippen LogP contribution in [0.3, 0.4) is 0 Å². The SMILES string of the molecule is Cc1cccc(Cl)c1-c1noc(C2CC2)c1COc1ccc2c(n1)S(=O)(=O)Cc1ccc(C=O)cc1O2. The Hall–Kier alpha value is -3.69. The van der Waals surface area contributed by atoms with E-state index >= 15 is 0 Å². The first kappa shape index (κ1) is 23.7. The molecule has 1 saturated carbocycles. The maximum atomic E-state index is 13.2. The summed E-state index contributed by atoms with van der Waals surface area (Å²) in [6.45, 7) is 2.03. The van der Waals surface area contributed by atoms with Crippen molar-refractivity contribution in [2.45, 2.75) is 43.1 Å². The van der Waals surface area contributed by atoms with E-state index < -0.39 is 9.84 Å². The topological polar surface area (TPSA) is 109 Å². The molecule has 1 aliphatic carbocycles. The predicted molar refractivity (Wildman–Crippen MR) is 135 cm³/mol. The Balaban J connectivity index is 1.33. The van der Waals surface area contributed by atoms with Crippen LogP contribution in [0.4, 0.5) is 0 Å². The summed E-state index contributed by atoms with van der Waals surface area (Å²) in [5.74, 6) is 1.21. The first-order valence-corrected chi connectivity index (χ1v) is 13.7. The molecule has 0 N–H and O–H groups in total. The summed E-state index contributed by atoms with van der Waals surface area (Å²) in [5, 5.41) is 4.66. The third-order valence-corrected chi connectivity index (χ3v) is 8.36. The van der Waals surface area contributed by atoms with Gasteiger partial charge in [-0.3, -0.25) is 4.79 Å². The average molecular weight is 537 g/mol. The van der Waals surface area contributed by atoms with Gasteiger partial charge in [0.2, 0.25) is 20.7 Å². The fourth-order valence-corrected chi connectivity index (χ4v) is 6.19. The monoisotopic (exact) mass is 536 g/mol. The number of benzene rings is 2. The molecule has 4 aromatic rings.